The molecule has 2 fully saturated rings. The molecule has 4 rings (SSSR count). The maximum atomic E-state index is 12.3. The molecule has 1 aromatic heterocycles. The summed E-state index contributed by atoms with van der Waals surface area (Å²) in [4.78, 5) is 19.7. The van der Waals surface area contributed by atoms with Gasteiger partial charge in [-0.1, -0.05) is 37.5 Å². The van der Waals surface area contributed by atoms with Crippen molar-refractivity contribution in [3.63, 3.8) is 0 Å². The number of fused-ring (bicyclic) bond motifs is 1. The SMILES string of the molecule is O=C(CNCc1cc2ccccc2nc1N1CCCCC1)NC1CCCCC1. The molecule has 1 saturated carbocycles. The van der Waals surface area contributed by atoms with E-state index in [4.69, 9.17) is 4.98 Å². The molecule has 0 bridgehead atoms. The Morgan fingerprint density at radius 3 is 2.61 bits per heavy atom. The molecular weight excluding hydrogens is 348 g/mol. The molecule has 2 N–H and O–H groups in total. The Morgan fingerprint density at radius 1 is 1.04 bits per heavy atom. The van der Waals surface area contributed by atoms with Crippen LogP contribution in [0.4, 0.5) is 5.82 Å². The minimum atomic E-state index is 0.111. The number of amides is 1. The number of rotatable bonds is 6. The number of para-hydroxylation sites is 1. The fraction of sp³-hybridized carbons (Fsp3) is 0.565. The molecule has 2 heterocycles. The van der Waals surface area contributed by atoms with E-state index in [0.717, 1.165) is 42.7 Å². The zero-order chi connectivity index (χ0) is 19.2. The van der Waals surface area contributed by atoms with E-state index in [1.807, 2.05) is 6.07 Å². The number of pyridine rings is 1. The molecule has 0 spiro atoms. The summed E-state index contributed by atoms with van der Waals surface area (Å²) in [5.74, 6) is 1.19. The van der Waals surface area contributed by atoms with Gasteiger partial charge in [-0.15, -0.1) is 0 Å². The minimum Gasteiger partial charge on any atom is -0.356 e. The Bertz CT molecular complexity index is 794. The molecule has 0 unspecified atom stereocenters. The third-order valence-corrected chi connectivity index (χ3v) is 6.01. The van der Waals surface area contributed by atoms with Crippen LogP contribution in [0, 0.1) is 0 Å². The molecule has 0 radical (unpaired) electrons. The molecule has 1 aliphatic carbocycles. The molecule has 1 saturated heterocycles. The monoisotopic (exact) mass is 380 g/mol. The number of hydrogen-bond acceptors (Lipinski definition) is 4. The van der Waals surface area contributed by atoms with Gasteiger partial charge in [0.2, 0.25) is 5.91 Å². The number of carbonyl (C=O) groups is 1. The Kier molecular flexibility index (Phi) is 6.42. The number of aromatic nitrogens is 1. The maximum absolute atomic E-state index is 12.3. The molecule has 2 aliphatic rings. The summed E-state index contributed by atoms with van der Waals surface area (Å²) in [6.07, 6.45) is 9.79. The van der Waals surface area contributed by atoms with Gasteiger partial charge < -0.3 is 15.5 Å². The molecule has 150 valence electrons. The molecule has 28 heavy (non-hydrogen) atoms. The van der Waals surface area contributed by atoms with E-state index in [-0.39, 0.29) is 5.91 Å². The molecule has 5 heteroatoms. The van der Waals surface area contributed by atoms with E-state index in [1.54, 1.807) is 0 Å². The summed E-state index contributed by atoms with van der Waals surface area (Å²) >= 11 is 0. The fourth-order valence-corrected chi connectivity index (χ4v) is 4.50. The van der Waals surface area contributed by atoms with Gasteiger partial charge in [0.1, 0.15) is 5.82 Å². The predicted octanol–water partition coefficient (Wildman–Crippen LogP) is 3.76. The first-order valence-electron chi connectivity index (χ1n) is 10.9. The highest BCUT2D eigenvalue weighted by atomic mass is 16.1. The fourth-order valence-electron chi connectivity index (χ4n) is 4.50. The summed E-state index contributed by atoms with van der Waals surface area (Å²) in [5, 5.41) is 7.70. The van der Waals surface area contributed by atoms with Crippen LogP contribution in [0.2, 0.25) is 0 Å². The van der Waals surface area contributed by atoms with Crippen LogP contribution in [-0.2, 0) is 11.3 Å². The summed E-state index contributed by atoms with van der Waals surface area (Å²) in [6.45, 7) is 3.17. The molecular formula is C23H32N4O. The van der Waals surface area contributed by atoms with Crippen LogP contribution < -0.4 is 15.5 Å². The lowest BCUT2D eigenvalue weighted by atomic mass is 9.95. The lowest BCUT2D eigenvalue weighted by Gasteiger charge is -2.30. The lowest BCUT2D eigenvalue weighted by molar-refractivity contribution is -0.121. The van der Waals surface area contributed by atoms with Crippen molar-refractivity contribution in [2.24, 2.45) is 0 Å². The van der Waals surface area contributed by atoms with Crippen LogP contribution in [0.25, 0.3) is 10.9 Å². The smallest absolute Gasteiger partial charge is 0.234 e. The highest BCUT2D eigenvalue weighted by Gasteiger charge is 2.18. The van der Waals surface area contributed by atoms with E-state index in [0.29, 0.717) is 19.1 Å². The quantitative estimate of drug-likeness (QED) is 0.801. The number of carbonyl (C=O) groups excluding carboxylic acids is 1. The third kappa shape index (κ3) is 4.82. The predicted molar refractivity (Wildman–Crippen MR) is 115 cm³/mol. The first-order chi connectivity index (χ1) is 13.8. The second-order valence-electron chi connectivity index (χ2n) is 8.22. The Balaban J connectivity index is 1.42. The first-order valence-corrected chi connectivity index (χ1v) is 10.9. The average molecular weight is 381 g/mol. The van der Waals surface area contributed by atoms with Gasteiger partial charge in [-0.05, 0) is 44.2 Å². The van der Waals surface area contributed by atoms with Gasteiger partial charge in [-0.25, -0.2) is 4.98 Å². The van der Waals surface area contributed by atoms with Crippen molar-refractivity contribution < 1.29 is 4.79 Å². The summed E-state index contributed by atoms with van der Waals surface area (Å²) in [7, 11) is 0. The van der Waals surface area contributed by atoms with Crippen LogP contribution in [0.1, 0.15) is 56.9 Å². The molecule has 1 aromatic carbocycles. The molecule has 0 atom stereocenters. The van der Waals surface area contributed by atoms with Crippen molar-refractivity contribution in [1.29, 1.82) is 0 Å². The van der Waals surface area contributed by atoms with Crippen LogP contribution in [0.3, 0.4) is 0 Å². The molecule has 2 aromatic rings. The van der Waals surface area contributed by atoms with Gasteiger partial charge in [-0.2, -0.15) is 0 Å². The van der Waals surface area contributed by atoms with Crippen molar-refractivity contribution in [3.05, 3.63) is 35.9 Å². The molecule has 1 aliphatic heterocycles. The van der Waals surface area contributed by atoms with Crippen LogP contribution in [-0.4, -0.2) is 36.6 Å². The standard InChI is InChI=1S/C23H32N4O/c28-22(25-20-10-3-1-4-11-20)17-24-16-19-15-18-9-5-6-12-21(18)26-23(19)27-13-7-2-8-14-27/h5-6,9,12,15,20,24H,1-4,7-8,10-11,13-14,16-17H2,(H,25,28). The van der Waals surface area contributed by atoms with E-state index in [9.17, 15) is 4.79 Å². The second kappa shape index (κ2) is 9.37. The zero-order valence-electron chi connectivity index (χ0n) is 16.8. The largest absolute Gasteiger partial charge is 0.356 e. The minimum absolute atomic E-state index is 0.111. The van der Waals surface area contributed by atoms with E-state index >= 15 is 0 Å². The van der Waals surface area contributed by atoms with Crippen LogP contribution in [0.15, 0.2) is 30.3 Å². The number of nitrogens with one attached hydrogen (secondary N) is 2. The van der Waals surface area contributed by atoms with E-state index in [2.05, 4.69) is 39.8 Å². The molecule has 5 nitrogen and oxygen atoms in total. The van der Waals surface area contributed by atoms with Crippen molar-refractivity contribution >= 4 is 22.6 Å². The van der Waals surface area contributed by atoms with Crippen molar-refractivity contribution in [1.82, 2.24) is 15.6 Å². The first kappa shape index (κ1) is 19.2. The van der Waals surface area contributed by atoms with E-state index in [1.165, 1.54) is 44.1 Å². The lowest BCUT2D eigenvalue weighted by Crippen LogP contribution is -2.41. The number of piperidine rings is 1. The van der Waals surface area contributed by atoms with Gasteiger partial charge in [0.15, 0.2) is 0 Å². The highest BCUT2D eigenvalue weighted by molar-refractivity contribution is 5.82. The normalized spacial score (nSPS) is 18.4. The Hall–Kier alpha value is -2.14. The van der Waals surface area contributed by atoms with Crippen molar-refractivity contribution in [3.8, 4) is 0 Å². The zero-order valence-corrected chi connectivity index (χ0v) is 16.8. The van der Waals surface area contributed by atoms with Gasteiger partial charge in [0, 0.05) is 36.6 Å². The maximum Gasteiger partial charge on any atom is 0.234 e. The van der Waals surface area contributed by atoms with Crippen LogP contribution >= 0.6 is 0 Å². The van der Waals surface area contributed by atoms with Crippen molar-refractivity contribution in [2.45, 2.75) is 64.0 Å². The number of nitrogens with zero attached hydrogens (tertiary/aromatic N) is 2. The topological polar surface area (TPSA) is 57.3 Å². The Labute approximate surface area is 167 Å². The van der Waals surface area contributed by atoms with Crippen LogP contribution in [0.5, 0.6) is 0 Å². The van der Waals surface area contributed by atoms with E-state index < -0.39 is 0 Å². The second-order valence-corrected chi connectivity index (χ2v) is 8.22. The van der Waals surface area contributed by atoms with Gasteiger partial charge >= 0.3 is 0 Å². The summed E-state index contributed by atoms with van der Waals surface area (Å²) < 4.78 is 0. The third-order valence-electron chi connectivity index (χ3n) is 6.01. The van der Waals surface area contributed by atoms with Gasteiger partial charge in [-0.3, -0.25) is 4.79 Å². The summed E-state index contributed by atoms with van der Waals surface area (Å²) in [6, 6.07) is 10.9. The average Bonchev–Trinajstić information content (AvgIpc) is 2.74. The number of hydrogen-bond donors (Lipinski definition) is 2. The number of anilines is 1. The van der Waals surface area contributed by atoms with Crippen molar-refractivity contribution in [2.75, 3.05) is 24.5 Å². The number of benzene rings is 1. The van der Waals surface area contributed by atoms with Gasteiger partial charge in [0.25, 0.3) is 0 Å². The Morgan fingerprint density at radius 2 is 1.79 bits per heavy atom. The molecule has 1 amide bonds. The summed E-state index contributed by atoms with van der Waals surface area (Å²) in [5.41, 5.74) is 2.23. The highest BCUT2D eigenvalue weighted by Crippen LogP contribution is 2.26. The van der Waals surface area contributed by atoms with Gasteiger partial charge in [0.05, 0.1) is 12.1 Å².